The van der Waals surface area contributed by atoms with E-state index < -0.39 is 28.0 Å². The van der Waals surface area contributed by atoms with Crippen LogP contribution in [0.2, 0.25) is 0 Å². The van der Waals surface area contributed by atoms with Gasteiger partial charge in [-0.15, -0.1) is 0 Å². The third kappa shape index (κ3) is 5.21. The van der Waals surface area contributed by atoms with Crippen molar-refractivity contribution in [2.24, 2.45) is 0 Å². The van der Waals surface area contributed by atoms with E-state index in [4.69, 9.17) is 9.26 Å². The maximum absolute atomic E-state index is 12.8. The van der Waals surface area contributed by atoms with Crippen LogP contribution in [0.15, 0.2) is 70.1 Å². The number of rotatable bonds is 8. The molecule has 0 saturated heterocycles. The molecule has 0 aliphatic heterocycles. The Labute approximate surface area is 184 Å². The van der Waals surface area contributed by atoms with Gasteiger partial charge in [-0.2, -0.15) is 0 Å². The Balaban J connectivity index is 1.51. The Hall–Kier alpha value is -3.50. The molecule has 1 aromatic heterocycles. The lowest BCUT2D eigenvalue weighted by molar-refractivity contribution is -0.125. The van der Waals surface area contributed by atoms with Gasteiger partial charge in [-0.05, 0) is 44.0 Å². The zero-order valence-corrected chi connectivity index (χ0v) is 18.0. The minimum Gasteiger partial charge on any atom is -0.444 e. The summed E-state index contributed by atoms with van der Waals surface area (Å²) < 4.78 is 37.6. The monoisotopic (exact) mass is 455 g/mol. The normalized spacial score (nSPS) is 14.5. The second-order valence-corrected chi connectivity index (χ2v) is 9.14. The van der Waals surface area contributed by atoms with Crippen LogP contribution in [0.5, 0.6) is 0 Å². The molecule has 32 heavy (non-hydrogen) atoms. The summed E-state index contributed by atoms with van der Waals surface area (Å²) in [5.41, 5.74) is 0.577. The van der Waals surface area contributed by atoms with Crippen molar-refractivity contribution in [2.75, 3.05) is 5.32 Å². The Kier molecular flexibility index (Phi) is 6.06. The number of hydrogen-bond acceptors (Lipinski definition) is 7. The molecule has 2 N–H and O–H groups in total. The number of carbonyl (C=O) groups excluding carboxylic acids is 2. The fourth-order valence-corrected chi connectivity index (χ4v) is 4.26. The molecule has 1 atom stereocenters. The van der Waals surface area contributed by atoms with E-state index in [0.29, 0.717) is 11.3 Å². The van der Waals surface area contributed by atoms with E-state index in [9.17, 15) is 18.0 Å². The summed E-state index contributed by atoms with van der Waals surface area (Å²) in [4.78, 5) is 25.6. The van der Waals surface area contributed by atoms with E-state index in [1.165, 1.54) is 30.3 Å². The topological polar surface area (TPSA) is 128 Å². The summed E-state index contributed by atoms with van der Waals surface area (Å²) in [5.74, 6) is -0.669. The summed E-state index contributed by atoms with van der Waals surface area (Å²) >= 11 is 0. The minimum absolute atomic E-state index is 0.0247. The van der Waals surface area contributed by atoms with Gasteiger partial charge in [0.1, 0.15) is 5.76 Å². The van der Waals surface area contributed by atoms with Crippen LogP contribution in [0.1, 0.15) is 40.6 Å². The summed E-state index contributed by atoms with van der Waals surface area (Å²) in [6, 6.07) is 15.4. The number of nitrogens with one attached hydrogen (secondary N) is 2. The highest BCUT2D eigenvalue weighted by Crippen LogP contribution is 2.24. The number of carbonyl (C=O) groups is 2. The Bertz CT molecular complexity index is 1220. The maximum Gasteiger partial charge on any atom is 0.339 e. The van der Waals surface area contributed by atoms with Crippen molar-refractivity contribution >= 4 is 27.7 Å². The van der Waals surface area contributed by atoms with E-state index in [-0.39, 0.29) is 22.3 Å². The second kappa shape index (κ2) is 8.93. The zero-order chi connectivity index (χ0) is 22.7. The second-order valence-electron chi connectivity index (χ2n) is 7.43. The van der Waals surface area contributed by atoms with Crippen molar-refractivity contribution in [1.82, 2.24) is 9.88 Å². The number of anilines is 1. The molecule has 0 bridgehead atoms. The van der Waals surface area contributed by atoms with E-state index in [0.717, 1.165) is 12.8 Å². The molecule has 1 fully saturated rings. The summed E-state index contributed by atoms with van der Waals surface area (Å²) in [6.07, 6.45) is 0.390. The zero-order valence-electron chi connectivity index (χ0n) is 17.1. The average Bonchev–Trinajstić information content (AvgIpc) is 3.50. The van der Waals surface area contributed by atoms with Crippen LogP contribution in [0.4, 0.5) is 5.82 Å². The first-order chi connectivity index (χ1) is 15.3. The van der Waals surface area contributed by atoms with Gasteiger partial charge in [-0.1, -0.05) is 35.5 Å². The molecule has 2 aromatic carbocycles. The number of ether oxygens (including phenoxy) is 1. The van der Waals surface area contributed by atoms with Gasteiger partial charge in [0.15, 0.2) is 5.82 Å². The highest BCUT2D eigenvalue weighted by molar-refractivity contribution is 7.89. The van der Waals surface area contributed by atoms with Crippen LogP contribution in [-0.4, -0.2) is 31.5 Å². The van der Waals surface area contributed by atoms with E-state index >= 15 is 0 Å². The molecule has 1 aliphatic rings. The van der Waals surface area contributed by atoms with Crippen LogP contribution in [0, 0.1) is 6.92 Å². The van der Waals surface area contributed by atoms with Gasteiger partial charge in [0, 0.05) is 17.7 Å². The lowest BCUT2D eigenvalue weighted by Gasteiger charge is -2.17. The van der Waals surface area contributed by atoms with Crippen LogP contribution in [-0.2, 0) is 19.6 Å². The lowest BCUT2D eigenvalue weighted by Crippen LogP contribution is -2.26. The molecule has 0 spiro atoms. The minimum atomic E-state index is -3.63. The number of aryl methyl sites for hydroxylation is 1. The van der Waals surface area contributed by atoms with Gasteiger partial charge in [-0.3, -0.25) is 4.79 Å². The molecule has 1 amide bonds. The molecule has 166 valence electrons. The first-order valence-electron chi connectivity index (χ1n) is 9.94. The van der Waals surface area contributed by atoms with Crippen molar-refractivity contribution in [2.45, 2.75) is 36.8 Å². The van der Waals surface area contributed by atoms with Crippen molar-refractivity contribution in [1.29, 1.82) is 0 Å². The van der Waals surface area contributed by atoms with E-state index in [1.54, 1.807) is 37.3 Å². The predicted molar refractivity (Wildman–Crippen MR) is 114 cm³/mol. The van der Waals surface area contributed by atoms with Crippen molar-refractivity contribution in [3.05, 3.63) is 77.6 Å². The lowest BCUT2D eigenvalue weighted by atomic mass is 10.1. The third-order valence-electron chi connectivity index (χ3n) is 4.74. The van der Waals surface area contributed by atoms with Gasteiger partial charge in [0.25, 0.3) is 5.91 Å². The SMILES string of the molecule is Cc1cc(NC(=O)C(OC(=O)c2ccc(S(=O)(=O)NC3CC3)cc2)c2ccccc2)no1. The molecule has 1 aliphatic carbocycles. The molecule has 1 unspecified atom stereocenters. The fourth-order valence-electron chi connectivity index (χ4n) is 2.95. The summed E-state index contributed by atoms with van der Waals surface area (Å²) in [6.45, 7) is 1.68. The summed E-state index contributed by atoms with van der Waals surface area (Å²) in [7, 11) is -3.63. The Morgan fingerprint density at radius 1 is 1.09 bits per heavy atom. The highest BCUT2D eigenvalue weighted by Gasteiger charge is 2.29. The van der Waals surface area contributed by atoms with Crippen molar-refractivity contribution < 1.29 is 27.3 Å². The van der Waals surface area contributed by atoms with Gasteiger partial charge in [-0.25, -0.2) is 17.9 Å². The summed E-state index contributed by atoms with van der Waals surface area (Å²) in [5, 5.41) is 6.28. The molecule has 1 saturated carbocycles. The Morgan fingerprint density at radius 3 is 2.38 bits per heavy atom. The fraction of sp³-hybridized carbons (Fsp3) is 0.227. The number of nitrogens with zero attached hydrogens (tertiary/aromatic N) is 1. The number of aromatic nitrogens is 1. The van der Waals surface area contributed by atoms with Crippen LogP contribution in [0.25, 0.3) is 0 Å². The number of esters is 1. The number of amides is 1. The number of hydrogen-bond donors (Lipinski definition) is 2. The molecule has 3 aromatic rings. The van der Waals surface area contributed by atoms with Crippen molar-refractivity contribution in [3.63, 3.8) is 0 Å². The number of sulfonamides is 1. The largest absolute Gasteiger partial charge is 0.444 e. The van der Waals surface area contributed by atoms with Crippen LogP contribution >= 0.6 is 0 Å². The Morgan fingerprint density at radius 2 is 1.78 bits per heavy atom. The van der Waals surface area contributed by atoms with Crippen LogP contribution < -0.4 is 10.0 Å². The van der Waals surface area contributed by atoms with Crippen molar-refractivity contribution in [3.8, 4) is 0 Å². The molecular formula is C22H21N3O6S. The van der Waals surface area contributed by atoms with Gasteiger partial charge in [0.05, 0.1) is 10.5 Å². The van der Waals surface area contributed by atoms with Gasteiger partial charge < -0.3 is 14.6 Å². The van der Waals surface area contributed by atoms with E-state index in [2.05, 4.69) is 15.2 Å². The molecule has 4 rings (SSSR count). The molecular weight excluding hydrogens is 434 g/mol. The average molecular weight is 455 g/mol. The highest BCUT2D eigenvalue weighted by atomic mass is 32.2. The van der Waals surface area contributed by atoms with E-state index in [1.807, 2.05) is 0 Å². The smallest absolute Gasteiger partial charge is 0.339 e. The first-order valence-corrected chi connectivity index (χ1v) is 11.4. The maximum atomic E-state index is 12.8. The standard InChI is InChI=1S/C22H21N3O6S/c1-14-13-19(24-31-14)23-21(26)20(15-5-3-2-4-6-15)30-22(27)16-7-11-18(12-8-16)32(28,29)25-17-9-10-17/h2-8,11-13,17,20,25H,9-10H2,1H3,(H,23,24,26). The molecule has 10 heteroatoms. The molecule has 0 radical (unpaired) electrons. The first kappa shape index (κ1) is 21.7. The molecule has 9 nitrogen and oxygen atoms in total. The van der Waals surface area contributed by atoms with Gasteiger partial charge >= 0.3 is 5.97 Å². The number of benzene rings is 2. The molecule has 1 heterocycles. The van der Waals surface area contributed by atoms with Crippen LogP contribution in [0.3, 0.4) is 0 Å². The predicted octanol–water partition coefficient (Wildman–Crippen LogP) is 2.96. The third-order valence-corrected chi connectivity index (χ3v) is 6.28. The van der Waals surface area contributed by atoms with Gasteiger partial charge in [0.2, 0.25) is 16.1 Å². The quantitative estimate of drug-likeness (QED) is 0.500.